The summed E-state index contributed by atoms with van der Waals surface area (Å²) in [6.07, 6.45) is 5.52. The second-order valence-electron chi connectivity index (χ2n) is 7.78. The number of anilines is 1. The Morgan fingerprint density at radius 3 is 2.42 bits per heavy atom. The van der Waals surface area contributed by atoms with E-state index in [1.807, 2.05) is 30.6 Å². The van der Waals surface area contributed by atoms with E-state index in [0.29, 0.717) is 5.11 Å². The molecular weight excluding hydrogens is 402 g/mol. The summed E-state index contributed by atoms with van der Waals surface area (Å²) in [4.78, 5) is 11.2. The van der Waals surface area contributed by atoms with Crippen LogP contribution in [0.1, 0.15) is 34.7 Å². The van der Waals surface area contributed by atoms with Crippen molar-refractivity contribution in [3.63, 3.8) is 0 Å². The van der Waals surface area contributed by atoms with E-state index in [-0.39, 0.29) is 12.1 Å². The number of rotatable bonds is 4. The number of nitrogens with one attached hydrogen (secondary N) is 1. The quantitative estimate of drug-likeness (QED) is 0.463. The van der Waals surface area contributed by atoms with E-state index >= 15 is 0 Å². The van der Waals surface area contributed by atoms with Crippen LogP contribution < -0.4 is 10.2 Å². The number of pyridine rings is 2. The summed E-state index contributed by atoms with van der Waals surface area (Å²) in [7, 11) is 0. The first-order valence-electron chi connectivity index (χ1n) is 10.3. The van der Waals surface area contributed by atoms with Gasteiger partial charge >= 0.3 is 0 Å². The predicted octanol–water partition coefficient (Wildman–Crippen LogP) is 5.06. The highest BCUT2D eigenvalue weighted by molar-refractivity contribution is 7.80. The Kier molecular flexibility index (Phi) is 5.00. The molecule has 3 aromatic heterocycles. The standard InChI is InChI=1S/C25H23N5S/c1-17-8-11-19(12-9-17)30-24(23(28-25(30)31)21-7-3-4-15-27-21)22-13-10-18(2)29(22)20-6-5-14-26-16-20/h3-16,23-24H,1-2H3,(H,28,31)/t23-,24+/m0/s1. The van der Waals surface area contributed by atoms with Crippen LogP contribution in [0.2, 0.25) is 0 Å². The number of hydrogen-bond donors (Lipinski definition) is 1. The van der Waals surface area contributed by atoms with Gasteiger partial charge in [0.1, 0.15) is 6.04 Å². The number of thiocarbonyl (C=S) groups is 1. The van der Waals surface area contributed by atoms with Crippen molar-refractivity contribution >= 4 is 23.0 Å². The topological polar surface area (TPSA) is 46.0 Å². The highest BCUT2D eigenvalue weighted by Crippen LogP contribution is 2.42. The molecule has 0 bridgehead atoms. The van der Waals surface area contributed by atoms with Gasteiger partial charge in [-0.25, -0.2) is 0 Å². The number of benzene rings is 1. The molecule has 6 heteroatoms. The Bertz CT molecular complexity index is 1200. The Hall–Kier alpha value is -3.51. The number of aromatic nitrogens is 3. The minimum absolute atomic E-state index is 0.0704. The van der Waals surface area contributed by atoms with Crippen LogP contribution in [0.15, 0.2) is 85.3 Å². The van der Waals surface area contributed by atoms with E-state index in [1.54, 1.807) is 6.20 Å². The lowest BCUT2D eigenvalue weighted by Crippen LogP contribution is -2.30. The molecule has 4 heterocycles. The third kappa shape index (κ3) is 3.49. The number of nitrogens with zero attached hydrogens (tertiary/aromatic N) is 4. The van der Waals surface area contributed by atoms with Crippen molar-refractivity contribution in [2.24, 2.45) is 0 Å². The van der Waals surface area contributed by atoms with Crippen LogP contribution in [-0.4, -0.2) is 19.6 Å². The van der Waals surface area contributed by atoms with Crippen LogP contribution in [0.4, 0.5) is 5.69 Å². The van der Waals surface area contributed by atoms with Gasteiger partial charge in [-0.2, -0.15) is 0 Å². The average Bonchev–Trinajstić information content (AvgIpc) is 3.35. The summed E-state index contributed by atoms with van der Waals surface area (Å²) in [5.41, 5.74) is 6.54. The van der Waals surface area contributed by atoms with Crippen LogP contribution in [0.3, 0.4) is 0 Å². The van der Waals surface area contributed by atoms with Crippen molar-refractivity contribution in [1.29, 1.82) is 0 Å². The fourth-order valence-corrected chi connectivity index (χ4v) is 4.61. The Balaban J connectivity index is 1.70. The molecule has 0 spiro atoms. The highest BCUT2D eigenvalue weighted by Gasteiger charge is 2.42. The summed E-state index contributed by atoms with van der Waals surface area (Å²) in [5, 5.41) is 4.23. The minimum atomic E-state index is -0.0836. The Labute approximate surface area is 187 Å². The third-order valence-corrected chi connectivity index (χ3v) is 6.04. The van der Waals surface area contributed by atoms with Crippen molar-refractivity contribution in [1.82, 2.24) is 19.9 Å². The van der Waals surface area contributed by atoms with E-state index in [9.17, 15) is 0 Å². The molecule has 5 rings (SSSR count). The molecule has 31 heavy (non-hydrogen) atoms. The molecule has 0 unspecified atom stereocenters. The molecule has 1 N–H and O–H groups in total. The van der Waals surface area contributed by atoms with E-state index in [0.717, 1.165) is 28.5 Å². The van der Waals surface area contributed by atoms with Gasteiger partial charge in [-0.1, -0.05) is 23.8 Å². The van der Waals surface area contributed by atoms with Crippen LogP contribution in [0.5, 0.6) is 0 Å². The molecule has 1 aromatic carbocycles. The molecule has 0 saturated carbocycles. The largest absolute Gasteiger partial charge is 0.351 e. The molecule has 0 radical (unpaired) electrons. The van der Waals surface area contributed by atoms with Crippen molar-refractivity contribution in [2.75, 3.05) is 4.90 Å². The van der Waals surface area contributed by atoms with Gasteiger partial charge in [0, 0.05) is 29.5 Å². The van der Waals surface area contributed by atoms with Crippen molar-refractivity contribution < 1.29 is 0 Å². The molecule has 4 aromatic rings. The van der Waals surface area contributed by atoms with Gasteiger partial charge in [0.15, 0.2) is 5.11 Å². The van der Waals surface area contributed by atoms with Gasteiger partial charge in [-0.3, -0.25) is 9.97 Å². The molecule has 1 saturated heterocycles. The zero-order chi connectivity index (χ0) is 21.4. The number of hydrogen-bond acceptors (Lipinski definition) is 3. The molecule has 2 atom stereocenters. The molecule has 1 fully saturated rings. The second-order valence-corrected chi connectivity index (χ2v) is 8.17. The first-order chi connectivity index (χ1) is 15.1. The van der Waals surface area contributed by atoms with Gasteiger partial charge in [-0.15, -0.1) is 0 Å². The van der Waals surface area contributed by atoms with E-state index in [2.05, 4.69) is 87.1 Å². The zero-order valence-electron chi connectivity index (χ0n) is 17.4. The maximum atomic E-state index is 5.84. The fraction of sp³-hybridized carbons (Fsp3) is 0.160. The summed E-state index contributed by atoms with van der Waals surface area (Å²) < 4.78 is 2.25. The first-order valence-corrected chi connectivity index (χ1v) is 10.7. The number of aryl methyl sites for hydroxylation is 2. The van der Waals surface area contributed by atoms with Gasteiger partial charge in [0.25, 0.3) is 0 Å². The van der Waals surface area contributed by atoms with Gasteiger partial charge in [0.2, 0.25) is 0 Å². The van der Waals surface area contributed by atoms with E-state index in [4.69, 9.17) is 12.2 Å². The maximum absolute atomic E-state index is 5.84. The van der Waals surface area contributed by atoms with Crippen LogP contribution in [-0.2, 0) is 0 Å². The maximum Gasteiger partial charge on any atom is 0.174 e. The molecule has 0 amide bonds. The average molecular weight is 426 g/mol. The lowest BCUT2D eigenvalue weighted by molar-refractivity contribution is 0.548. The molecule has 5 nitrogen and oxygen atoms in total. The Morgan fingerprint density at radius 2 is 1.71 bits per heavy atom. The molecule has 0 aliphatic carbocycles. The van der Waals surface area contributed by atoms with Crippen LogP contribution in [0, 0.1) is 13.8 Å². The first kappa shape index (κ1) is 19.5. The molecule has 1 aliphatic rings. The molecule has 154 valence electrons. The normalized spacial score (nSPS) is 18.3. The molecular formula is C25H23N5S. The summed E-state index contributed by atoms with van der Waals surface area (Å²) in [6.45, 7) is 4.21. The monoisotopic (exact) mass is 425 g/mol. The summed E-state index contributed by atoms with van der Waals surface area (Å²) >= 11 is 5.84. The SMILES string of the molecule is Cc1ccc(N2C(=S)N[C@@H](c3ccccn3)[C@H]2c2ccc(C)n2-c2cccnc2)cc1. The third-order valence-electron chi connectivity index (χ3n) is 5.72. The Morgan fingerprint density at radius 1 is 0.871 bits per heavy atom. The minimum Gasteiger partial charge on any atom is -0.351 e. The molecule has 1 aliphatic heterocycles. The van der Waals surface area contributed by atoms with Crippen LogP contribution in [0.25, 0.3) is 5.69 Å². The van der Waals surface area contributed by atoms with Gasteiger partial charge < -0.3 is 14.8 Å². The zero-order valence-corrected chi connectivity index (χ0v) is 18.3. The van der Waals surface area contributed by atoms with E-state index in [1.165, 1.54) is 5.56 Å². The summed E-state index contributed by atoms with van der Waals surface area (Å²) in [6, 6.07) is 22.7. The van der Waals surface area contributed by atoms with Crippen LogP contribution >= 0.6 is 12.2 Å². The fourth-order valence-electron chi connectivity index (χ4n) is 4.27. The van der Waals surface area contributed by atoms with Gasteiger partial charge in [-0.05, 0) is 74.6 Å². The summed E-state index contributed by atoms with van der Waals surface area (Å²) in [5.74, 6) is 0. The predicted molar refractivity (Wildman–Crippen MR) is 127 cm³/mol. The highest BCUT2D eigenvalue weighted by atomic mass is 32.1. The van der Waals surface area contributed by atoms with E-state index < -0.39 is 0 Å². The van der Waals surface area contributed by atoms with Gasteiger partial charge in [0.05, 0.1) is 23.6 Å². The lowest BCUT2D eigenvalue weighted by atomic mass is 10.0. The van der Waals surface area contributed by atoms with Crippen molar-refractivity contribution in [3.8, 4) is 5.69 Å². The smallest absolute Gasteiger partial charge is 0.174 e. The lowest BCUT2D eigenvalue weighted by Gasteiger charge is -2.29. The second kappa shape index (κ2) is 7.96. The van der Waals surface area contributed by atoms with Crippen molar-refractivity contribution in [3.05, 3.63) is 108 Å². The van der Waals surface area contributed by atoms with Crippen molar-refractivity contribution in [2.45, 2.75) is 25.9 Å².